The summed E-state index contributed by atoms with van der Waals surface area (Å²) in [6, 6.07) is 8.80. The molecule has 118 valence electrons. The number of sulfonamides is 1. The number of benzene rings is 1. The van der Waals surface area contributed by atoms with Gasteiger partial charge in [-0.25, -0.2) is 17.1 Å². The summed E-state index contributed by atoms with van der Waals surface area (Å²) in [4.78, 5) is 12.5. The van der Waals surface area contributed by atoms with Gasteiger partial charge in [0, 0.05) is 19.0 Å². The topological polar surface area (TPSA) is 66.5 Å². The third kappa shape index (κ3) is 3.52. The molecule has 1 N–H and O–H groups in total. The van der Waals surface area contributed by atoms with E-state index in [4.69, 9.17) is 0 Å². The quantitative estimate of drug-likeness (QED) is 0.904. The SMILES string of the molecule is CN(C)S(=O)(=O)c1ccc(CNC(=O)c2ccccc2F)s1. The van der Waals surface area contributed by atoms with Gasteiger partial charge in [-0.1, -0.05) is 12.1 Å². The molecule has 22 heavy (non-hydrogen) atoms. The third-order valence-electron chi connectivity index (χ3n) is 2.91. The van der Waals surface area contributed by atoms with E-state index in [1.807, 2.05) is 0 Å². The summed E-state index contributed by atoms with van der Waals surface area (Å²) < 4.78 is 38.7. The Balaban J connectivity index is 2.06. The lowest BCUT2D eigenvalue weighted by molar-refractivity contribution is 0.0947. The van der Waals surface area contributed by atoms with E-state index in [0.29, 0.717) is 4.88 Å². The normalized spacial score (nSPS) is 11.6. The Labute approximate surface area is 132 Å². The molecule has 1 aromatic heterocycles. The Bertz CT molecular complexity index is 785. The first kappa shape index (κ1) is 16.6. The summed E-state index contributed by atoms with van der Waals surface area (Å²) >= 11 is 1.07. The molecule has 2 aromatic rings. The van der Waals surface area contributed by atoms with E-state index in [9.17, 15) is 17.6 Å². The minimum absolute atomic E-state index is 0.0415. The molecule has 0 atom stereocenters. The molecular formula is C14H15FN2O3S2. The van der Waals surface area contributed by atoms with Crippen molar-refractivity contribution in [2.24, 2.45) is 0 Å². The fourth-order valence-electron chi connectivity index (χ4n) is 1.68. The number of hydrogen-bond acceptors (Lipinski definition) is 4. The minimum atomic E-state index is -3.47. The summed E-state index contributed by atoms with van der Waals surface area (Å²) in [5.74, 6) is -1.13. The van der Waals surface area contributed by atoms with Crippen molar-refractivity contribution in [2.45, 2.75) is 10.8 Å². The van der Waals surface area contributed by atoms with Gasteiger partial charge in [0.25, 0.3) is 15.9 Å². The third-order valence-corrected chi connectivity index (χ3v) is 6.28. The molecule has 0 fully saturated rings. The van der Waals surface area contributed by atoms with Crippen LogP contribution in [0.2, 0.25) is 0 Å². The number of nitrogens with one attached hydrogen (secondary N) is 1. The van der Waals surface area contributed by atoms with Crippen molar-refractivity contribution >= 4 is 27.3 Å². The van der Waals surface area contributed by atoms with Gasteiger partial charge in [-0.2, -0.15) is 0 Å². The monoisotopic (exact) mass is 342 g/mol. The Kier molecular flexibility index (Phi) is 4.94. The minimum Gasteiger partial charge on any atom is -0.347 e. The van der Waals surface area contributed by atoms with Gasteiger partial charge in [0.15, 0.2) is 0 Å². The molecule has 0 spiro atoms. The number of carbonyl (C=O) groups excluding carboxylic acids is 1. The molecule has 1 aromatic carbocycles. The van der Waals surface area contributed by atoms with Gasteiger partial charge in [-0.15, -0.1) is 11.3 Å². The molecule has 0 aliphatic carbocycles. The molecule has 0 saturated heterocycles. The van der Waals surface area contributed by atoms with Gasteiger partial charge in [-0.3, -0.25) is 4.79 Å². The first-order valence-corrected chi connectivity index (χ1v) is 8.62. The maximum absolute atomic E-state index is 13.5. The molecule has 1 amide bonds. The zero-order chi connectivity index (χ0) is 16.3. The number of halogens is 1. The second-order valence-corrected chi connectivity index (χ2v) is 8.22. The largest absolute Gasteiger partial charge is 0.347 e. The summed E-state index contributed by atoms with van der Waals surface area (Å²) in [6.45, 7) is 0.140. The Morgan fingerprint density at radius 2 is 1.91 bits per heavy atom. The predicted octanol–water partition coefficient (Wildman–Crippen LogP) is 2.07. The van der Waals surface area contributed by atoms with E-state index in [-0.39, 0.29) is 16.3 Å². The van der Waals surface area contributed by atoms with E-state index in [1.54, 1.807) is 12.1 Å². The highest BCUT2D eigenvalue weighted by Gasteiger charge is 2.19. The summed E-state index contributed by atoms with van der Waals surface area (Å²) in [6.07, 6.45) is 0. The van der Waals surface area contributed by atoms with E-state index >= 15 is 0 Å². The van der Waals surface area contributed by atoms with Gasteiger partial charge < -0.3 is 5.32 Å². The lowest BCUT2D eigenvalue weighted by Crippen LogP contribution is -2.23. The molecule has 0 aliphatic rings. The summed E-state index contributed by atoms with van der Waals surface area (Å²) in [5.41, 5.74) is -0.0415. The molecule has 0 saturated carbocycles. The van der Waals surface area contributed by atoms with Gasteiger partial charge in [-0.05, 0) is 24.3 Å². The lowest BCUT2D eigenvalue weighted by Gasteiger charge is -2.08. The lowest BCUT2D eigenvalue weighted by atomic mass is 10.2. The van der Waals surface area contributed by atoms with E-state index < -0.39 is 21.7 Å². The van der Waals surface area contributed by atoms with Crippen LogP contribution in [-0.4, -0.2) is 32.7 Å². The first-order chi connectivity index (χ1) is 10.3. The smallest absolute Gasteiger partial charge is 0.254 e. The van der Waals surface area contributed by atoms with Crippen LogP contribution in [0.15, 0.2) is 40.6 Å². The van der Waals surface area contributed by atoms with Crippen molar-refractivity contribution in [3.63, 3.8) is 0 Å². The summed E-state index contributed by atoms with van der Waals surface area (Å²) in [5, 5.41) is 2.57. The number of nitrogens with zero attached hydrogens (tertiary/aromatic N) is 1. The highest BCUT2D eigenvalue weighted by Crippen LogP contribution is 2.23. The Morgan fingerprint density at radius 1 is 1.23 bits per heavy atom. The van der Waals surface area contributed by atoms with E-state index in [0.717, 1.165) is 15.6 Å². The molecule has 0 bridgehead atoms. The molecule has 8 heteroatoms. The number of carbonyl (C=O) groups is 1. The second kappa shape index (κ2) is 6.55. The average Bonchev–Trinajstić information content (AvgIpc) is 2.94. The number of amides is 1. The molecule has 5 nitrogen and oxygen atoms in total. The van der Waals surface area contributed by atoms with Crippen molar-refractivity contribution in [1.29, 1.82) is 0 Å². The molecule has 2 rings (SSSR count). The predicted molar refractivity (Wildman–Crippen MR) is 82.8 cm³/mol. The fourth-order valence-corrected chi connectivity index (χ4v) is 4.14. The Morgan fingerprint density at radius 3 is 2.55 bits per heavy atom. The van der Waals surface area contributed by atoms with Gasteiger partial charge in [0.2, 0.25) is 0 Å². The molecule has 0 radical (unpaired) electrons. The number of hydrogen-bond donors (Lipinski definition) is 1. The van der Waals surface area contributed by atoms with Crippen LogP contribution in [0, 0.1) is 5.82 Å². The van der Waals surface area contributed by atoms with Crippen LogP contribution in [0.1, 0.15) is 15.2 Å². The first-order valence-electron chi connectivity index (χ1n) is 6.36. The second-order valence-electron chi connectivity index (χ2n) is 4.67. The van der Waals surface area contributed by atoms with Gasteiger partial charge >= 0.3 is 0 Å². The number of rotatable bonds is 5. The van der Waals surface area contributed by atoms with Gasteiger partial charge in [0.05, 0.1) is 12.1 Å². The molecule has 1 heterocycles. The maximum Gasteiger partial charge on any atom is 0.254 e. The average molecular weight is 342 g/mol. The van der Waals surface area contributed by atoms with Crippen LogP contribution >= 0.6 is 11.3 Å². The van der Waals surface area contributed by atoms with E-state index in [1.165, 1.54) is 38.4 Å². The van der Waals surface area contributed by atoms with Crippen LogP contribution in [0.5, 0.6) is 0 Å². The Hall–Kier alpha value is -1.77. The molecule has 0 aliphatic heterocycles. The number of thiophene rings is 1. The van der Waals surface area contributed by atoms with Crippen molar-refractivity contribution < 1.29 is 17.6 Å². The zero-order valence-electron chi connectivity index (χ0n) is 12.0. The zero-order valence-corrected chi connectivity index (χ0v) is 13.7. The fraction of sp³-hybridized carbons (Fsp3) is 0.214. The van der Waals surface area contributed by atoms with Crippen LogP contribution in [0.25, 0.3) is 0 Å². The van der Waals surface area contributed by atoms with Crippen molar-refractivity contribution in [3.05, 3.63) is 52.7 Å². The summed E-state index contributed by atoms with van der Waals surface area (Å²) in [7, 11) is -0.568. The van der Waals surface area contributed by atoms with Crippen molar-refractivity contribution in [2.75, 3.05) is 14.1 Å². The highest BCUT2D eigenvalue weighted by molar-refractivity contribution is 7.91. The van der Waals surface area contributed by atoms with E-state index in [2.05, 4.69) is 5.32 Å². The van der Waals surface area contributed by atoms with Crippen LogP contribution in [-0.2, 0) is 16.6 Å². The van der Waals surface area contributed by atoms with Crippen LogP contribution < -0.4 is 5.32 Å². The maximum atomic E-state index is 13.5. The molecule has 0 unspecified atom stereocenters. The van der Waals surface area contributed by atoms with Gasteiger partial charge in [0.1, 0.15) is 10.0 Å². The van der Waals surface area contributed by atoms with Crippen LogP contribution in [0.4, 0.5) is 4.39 Å². The van der Waals surface area contributed by atoms with Crippen molar-refractivity contribution in [1.82, 2.24) is 9.62 Å². The standard InChI is InChI=1S/C14H15FN2O3S2/c1-17(2)22(19,20)13-8-7-10(21-13)9-16-14(18)11-5-3-4-6-12(11)15/h3-8H,9H2,1-2H3,(H,16,18). The van der Waals surface area contributed by atoms with Crippen LogP contribution in [0.3, 0.4) is 0 Å². The molecular weight excluding hydrogens is 327 g/mol. The highest BCUT2D eigenvalue weighted by atomic mass is 32.2. The van der Waals surface area contributed by atoms with Crippen molar-refractivity contribution in [3.8, 4) is 0 Å².